The van der Waals surface area contributed by atoms with E-state index < -0.39 is 6.04 Å². The van der Waals surface area contributed by atoms with Crippen molar-refractivity contribution in [1.82, 2.24) is 45.7 Å². The fraction of sp³-hybridized carbons (Fsp3) is 0.404. The highest BCUT2D eigenvalue weighted by Gasteiger charge is 2.20. The van der Waals surface area contributed by atoms with E-state index in [2.05, 4.69) is 107 Å². The highest BCUT2D eigenvalue weighted by atomic mass is 16.2. The number of anilines is 6. The second-order valence-electron chi connectivity index (χ2n) is 16.1. The maximum atomic E-state index is 12.4. The van der Waals surface area contributed by atoms with Gasteiger partial charge in [-0.1, -0.05) is 43.6 Å². The Morgan fingerprint density at radius 2 is 1.14 bits per heavy atom. The maximum Gasteiger partial charge on any atom is 0.246 e. The highest BCUT2D eigenvalue weighted by Crippen LogP contribution is 2.19. The number of nitrogens with one attached hydrogen (secondary N) is 7. The van der Waals surface area contributed by atoms with Crippen molar-refractivity contribution in [2.24, 2.45) is 0 Å². The van der Waals surface area contributed by atoms with Gasteiger partial charge in [0.05, 0.1) is 52.8 Å². The summed E-state index contributed by atoms with van der Waals surface area (Å²) in [5, 5.41) is 39.4. The standard InChI is InChI=1S/C29H38N8O2.C23H29N7O/c1-6-17-31-27-24(21-33-29(35-27)34-25-15-13-23(20-30)14-16-25)11-8-7-9-18-32-28(39)22(2)37(5)26(38)12-10-19-36(3)4;1-4-13-26-21-19(8-6-5-7-14-27-22(31)17(2)25-3)16-28-23(30-21)29-20-11-9-18(15-24)10-12-20/h10,12-16,21-22H,6-7,9,17-19H2,1-5H3,(H,32,39)(H2,31,33,34,35);9-12,16-17,25H,4-5,7,13-14H2,1-3H3,(H,27,31)(H2,26,28,29,30)/b12-10+;/t22-;17-/m00/s1. The molecule has 4 aromatic rings. The average Bonchev–Trinajstić information content (AvgIpc) is 3.37. The molecule has 0 radical (unpaired) electrons. The van der Waals surface area contributed by atoms with Crippen molar-refractivity contribution in [3.63, 3.8) is 0 Å². The van der Waals surface area contributed by atoms with Crippen LogP contribution in [-0.2, 0) is 14.4 Å². The van der Waals surface area contributed by atoms with Crippen LogP contribution in [0.2, 0.25) is 0 Å². The Morgan fingerprint density at radius 1 is 0.686 bits per heavy atom. The molecule has 4 rings (SSSR count). The summed E-state index contributed by atoms with van der Waals surface area (Å²) < 4.78 is 0. The van der Waals surface area contributed by atoms with Gasteiger partial charge in [0.2, 0.25) is 29.6 Å². The highest BCUT2D eigenvalue weighted by molar-refractivity contribution is 5.92. The summed E-state index contributed by atoms with van der Waals surface area (Å²) >= 11 is 0. The number of carbonyl (C=O) groups excluding carboxylic acids is 3. The lowest BCUT2D eigenvalue weighted by Crippen LogP contribution is -2.45. The quantitative estimate of drug-likeness (QED) is 0.0260. The van der Waals surface area contributed by atoms with Gasteiger partial charge in [0.25, 0.3) is 0 Å². The largest absolute Gasteiger partial charge is 0.369 e. The van der Waals surface area contributed by atoms with Crippen molar-refractivity contribution in [2.75, 3.05) is 82.2 Å². The molecule has 0 unspecified atom stereocenters. The summed E-state index contributed by atoms with van der Waals surface area (Å²) in [7, 11) is 7.22. The first-order chi connectivity index (χ1) is 33.8. The lowest BCUT2D eigenvalue weighted by molar-refractivity contribution is -0.135. The molecule has 0 bridgehead atoms. The number of nitriles is 2. The lowest BCUT2D eigenvalue weighted by Gasteiger charge is -2.23. The molecular formula is C52H67N15O3. The second-order valence-corrected chi connectivity index (χ2v) is 16.1. The molecule has 0 spiro atoms. The van der Waals surface area contributed by atoms with E-state index in [9.17, 15) is 14.4 Å². The van der Waals surface area contributed by atoms with Crippen LogP contribution in [0.1, 0.15) is 88.5 Å². The molecule has 18 nitrogen and oxygen atoms in total. The zero-order valence-corrected chi connectivity index (χ0v) is 41.7. The molecule has 0 aliphatic heterocycles. The fourth-order valence-electron chi connectivity index (χ4n) is 5.71. The van der Waals surface area contributed by atoms with Crippen molar-refractivity contribution < 1.29 is 14.4 Å². The van der Waals surface area contributed by atoms with Crippen LogP contribution in [0.15, 0.2) is 73.1 Å². The number of nitrogens with zero attached hydrogens (tertiary/aromatic N) is 8. The van der Waals surface area contributed by atoms with Crippen LogP contribution in [0.3, 0.4) is 0 Å². The molecule has 2 aromatic heterocycles. The number of hydrogen-bond donors (Lipinski definition) is 7. The van der Waals surface area contributed by atoms with Gasteiger partial charge in [-0.3, -0.25) is 14.4 Å². The number of aromatic nitrogens is 4. The summed E-state index contributed by atoms with van der Waals surface area (Å²) in [4.78, 5) is 57.6. The maximum absolute atomic E-state index is 12.4. The lowest BCUT2D eigenvalue weighted by atomic mass is 10.2. The third-order valence-corrected chi connectivity index (χ3v) is 10.1. The van der Waals surface area contributed by atoms with Gasteiger partial charge < -0.3 is 47.0 Å². The Balaban J connectivity index is 0.000000380. The molecule has 18 heteroatoms. The van der Waals surface area contributed by atoms with E-state index in [0.717, 1.165) is 49.3 Å². The van der Waals surface area contributed by atoms with Crippen LogP contribution in [0.5, 0.6) is 0 Å². The minimum absolute atomic E-state index is 0.0136. The summed E-state index contributed by atoms with van der Waals surface area (Å²) in [6, 6.07) is 17.6. The number of carbonyl (C=O) groups is 3. The van der Waals surface area contributed by atoms with Crippen LogP contribution in [0.4, 0.5) is 34.9 Å². The van der Waals surface area contributed by atoms with Crippen LogP contribution < -0.4 is 37.2 Å². The molecule has 0 saturated heterocycles. The van der Waals surface area contributed by atoms with Crippen LogP contribution in [0.25, 0.3) is 0 Å². The SMILES string of the molecule is CCCNc1nc(Nc2ccc(C#N)cc2)ncc1C#CCCCNC(=O)[C@H](C)N(C)C(=O)/C=C/CN(C)C.CCCNc1nc(Nc2ccc(C#N)cc2)ncc1C#CCCCNC(=O)[C@H](C)NC. The Bertz CT molecular complexity index is 2530. The topological polar surface area (TPSA) is 241 Å². The van der Waals surface area contributed by atoms with Crippen molar-refractivity contribution in [2.45, 2.75) is 78.3 Å². The monoisotopic (exact) mass is 950 g/mol. The number of hydrogen-bond acceptors (Lipinski definition) is 15. The van der Waals surface area contributed by atoms with Gasteiger partial charge in [-0.05, 0) is 109 Å². The van der Waals surface area contributed by atoms with E-state index in [1.807, 2.05) is 38.1 Å². The molecule has 7 N–H and O–H groups in total. The minimum atomic E-state index is -0.576. The number of unbranched alkanes of at least 4 members (excludes halogenated alkanes) is 2. The number of amides is 3. The molecule has 0 saturated carbocycles. The molecule has 368 valence electrons. The Labute approximate surface area is 413 Å². The van der Waals surface area contributed by atoms with Gasteiger partial charge in [-0.25, -0.2) is 9.97 Å². The number of likely N-dealkylation sites (N-methyl/N-ethyl adjacent to an activating group) is 3. The summed E-state index contributed by atoms with van der Waals surface area (Å²) in [6.45, 7) is 10.9. The van der Waals surface area contributed by atoms with Gasteiger partial charge in [-0.2, -0.15) is 20.5 Å². The number of benzene rings is 2. The molecule has 0 aliphatic rings. The van der Waals surface area contributed by atoms with Crippen molar-refractivity contribution >= 4 is 52.6 Å². The minimum Gasteiger partial charge on any atom is -0.369 e. The molecule has 70 heavy (non-hydrogen) atoms. The molecule has 0 aliphatic carbocycles. The first-order valence-electron chi connectivity index (χ1n) is 23.4. The molecule has 2 atom stereocenters. The Hall–Kier alpha value is -8.03. The van der Waals surface area contributed by atoms with Crippen molar-refractivity contribution in [3.05, 3.63) is 95.3 Å². The van der Waals surface area contributed by atoms with Gasteiger partial charge in [-0.15, -0.1) is 0 Å². The van der Waals surface area contributed by atoms with Crippen LogP contribution >= 0.6 is 0 Å². The second kappa shape index (κ2) is 31.9. The van der Waals surface area contributed by atoms with E-state index in [1.165, 1.54) is 11.0 Å². The van der Waals surface area contributed by atoms with E-state index in [1.54, 1.807) is 75.9 Å². The van der Waals surface area contributed by atoms with Gasteiger partial charge in [0.1, 0.15) is 17.7 Å². The summed E-state index contributed by atoms with van der Waals surface area (Å²) in [5.74, 6) is 14.3. The molecular weight excluding hydrogens is 883 g/mol. The molecule has 0 fully saturated rings. The van der Waals surface area contributed by atoms with Gasteiger partial charge >= 0.3 is 0 Å². The number of rotatable bonds is 23. The van der Waals surface area contributed by atoms with E-state index >= 15 is 0 Å². The summed E-state index contributed by atoms with van der Waals surface area (Å²) in [6.07, 6.45) is 11.2. The Kier molecular flexibility index (Phi) is 25.6. The predicted octanol–water partition coefficient (Wildman–Crippen LogP) is 5.90. The Morgan fingerprint density at radius 3 is 1.56 bits per heavy atom. The van der Waals surface area contributed by atoms with Crippen molar-refractivity contribution in [3.8, 4) is 35.8 Å². The van der Waals surface area contributed by atoms with E-state index in [0.29, 0.717) is 79.1 Å². The summed E-state index contributed by atoms with van der Waals surface area (Å²) in [5.41, 5.74) is 4.17. The van der Waals surface area contributed by atoms with E-state index in [4.69, 9.17) is 10.5 Å². The molecule has 2 aromatic carbocycles. The van der Waals surface area contributed by atoms with E-state index in [-0.39, 0.29) is 23.8 Å². The predicted molar refractivity (Wildman–Crippen MR) is 277 cm³/mol. The van der Waals surface area contributed by atoms with Gasteiger partial charge in [0, 0.05) is 70.1 Å². The smallest absolute Gasteiger partial charge is 0.246 e. The van der Waals surface area contributed by atoms with Crippen LogP contribution in [0, 0.1) is 46.3 Å². The molecule has 2 heterocycles. The van der Waals surface area contributed by atoms with Crippen molar-refractivity contribution in [1.29, 1.82) is 10.5 Å². The first kappa shape index (κ1) is 56.3. The fourth-order valence-corrected chi connectivity index (χ4v) is 5.71. The first-order valence-corrected chi connectivity index (χ1v) is 23.4. The zero-order chi connectivity index (χ0) is 51.1. The molecule has 3 amide bonds. The normalized spacial score (nSPS) is 11.1. The average molecular weight is 950 g/mol. The third-order valence-electron chi connectivity index (χ3n) is 10.1. The zero-order valence-electron chi connectivity index (χ0n) is 41.7. The van der Waals surface area contributed by atoms with Gasteiger partial charge in [0.15, 0.2) is 0 Å². The third kappa shape index (κ3) is 20.9. The van der Waals surface area contributed by atoms with Crippen LogP contribution in [-0.4, -0.2) is 120 Å².